The van der Waals surface area contributed by atoms with Crippen LogP contribution >= 0.6 is 0 Å². The summed E-state index contributed by atoms with van der Waals surface area (Å²) in [6.45, 7) is 0. The fourth-order valence-corrected chi connectivity index (χ4v) is 5.72. The van der Waals surface area contributed by atoms with Crippen LogP contribution in [0.4, 0.5) is 10.1 Å². The Labute approximate surface area is 179 Å². The summed E-state index contributed by atoms with van der Waals surface area (Å²) >= 11 is 0. The average molecular weight is 451 g/mol. The van der Waals surface area contributed by atoms with Crippen LogP contribution in [-0.4, -0.2) is 56.7 Å². The number of amides is 4. The number of hydrogen-bond donors (Lipinski definition) is 2. The van der Waals surface area contributed by atoms with Crippen LogP contribution in [0.1, 0.15) is 59.2 Å². The maximum atomic E-state index is 14.7. The van der Waals surface area contributed by atoms with Gasteiger partial charge in [0.15, 0.2) is 0 Å². The van der Waals surface area contributed by atoms with Crippen molar-refractivity contribution in [2.75, 3.05) is 11.6 Å². The Morgan fingerprint density at radius 3 is 2.58 bits per heavy atom. The van der Waals surface area contributed by atoms with Gasteiger partial charge in [0.05, 0.1) is 23.1 Å². The van der Waals surface area contributed by atoms with Gasteiger partial charge in [0.1, 0.15) is 17.1 Å². The predicted molar refractivity (Wildman–Crippen MR) is 107 cm³/mol. The number of carbonyl (C=O) groups excluding carboxylic acids is 4. The number of anilines is 1. The molecule has 2 aliphatic heterocycles. The lowest BCUT2D eigenvalue weighted by molar-refractivity contribution is -0.136. The largest absolute Gasteiger partial charge is 0.615 e. The third kappa shape index (κ3) is 3.87. The number of imide groups is 2. The highest BCUT2D eigenvalue weighted by molar-refractivity contribution is 7.97. The van der Waals surface area contributed by atoms with E-state index >= 15 is 0 Å². The first-order chi connectivity index (χ1) is 14.6. The first-order valence-electron chi connectivity index (χ1n) is 10.1. The minimum Gasteiger partial charge on any atom is -0.615 e. The Kier molecular flexibility index (Phi) is 5.42. The fourth-order valence-electron chi connectivity index (χ4n) is 4.54. The molecule has 0 spiro atoms. The van der Waals surface area contributed by atoms with Crippen molar-refractivity contribution in [1.29, 1.82) is 0 Å². The van der Waals surface area contributed by atoms with E-state index in [1.165, 1.54) is 12.3 Å². The van der Waals surface area contributed by atoms with Crippen molar-refractivity contribution in [2.24, 2.45) is 0 Å². The van der Waals surface area contributed by atoms with Crippen molar-refractivity contribution in [3.63, 3.8) is 0 Å². The molecular formula is C20H22FN3O6S. The fraction of sp³-hybridized carbons (Fsp3) is 0.500. The number of hydrogen-bond acceptors (Lipinski definition) is 7. The highest BCUT2D eigenvalue weighted by Gasteiger charge is 2.46. The summed E-state index contributed by atoms with van der Waals surface area (Å²) in [7, 11) is -3.26. The third-order valence-corrected chi connectivity index (χ3v) is 7.78. The number of nitrogens with zero attached hydrogens (tertiary/aromatic N) is 1. The topological polar surface area (TPSA) is 136 Å². The molecule has 4 atom stereocenters. The van der Waals surface area contributed by atoms with Crippen LogP contribution in [0.3, 0.4) is 0 Å². The van der Waals surface area contributed by atoms with Gasteiger partial charge in [-0.1, -0.05) is 0 Å². The molecule has 4 amide bonds. The first kappa shape index (κ1) is 21.6. The van der Waals surface area contributed by atoms with Crippen LogP contribution in [0, 0.1) is 5.82 Å². The zero-order valence-corrected chi connectivity index (χ0v) is 17.6. The van der Waals surface area contributed by atoms with Crippen LogP contribution in [-0.2, 0) is 24.0 Å². The highest BCUT2D eigenvalue weighted by atomic mass is 32.3. The van der Waals surface area contributed by atoms with E-state index in [0.717, 1.165) is 11.0 Å². The smallest absolute Gasteiger partial charge is 0.264 e. The molecular weight excluding hydrogens is 429 g/mol. The molecule has 11 heteroatoms. The molecule has 4 unspecified atom stereocenters. The van der Waals surface area contributed by atoms with Crippen LogP contribution in [0.15, 0.2) is 12.1 Å². The van der Waals surface area contributed by atoms with Gasteiger partial charge in [-0.25, -0.2) is 4.39 Å². The van der Waals surface area contributed by atoms with Gasteiger partial charge in [-0.2, -0.15) is 0 Å². The van der Waals surface area contributed by atoms with E-state index in [9.17, 15) is 32.3 Å². The lowest BCUT2D eigenvalue weighted by Gasteiger charge is -2.32. The monoisotopic (exact) mass is 451 g/mol. The highest BCUT2D eigenvalue weighted by Crippen LogP contribution is 2.36. The van der Waals surface area contributed by atoms with Gasteiger partial charge in [0.25, 0.3) is 11.8 Å². The molecule has 9 nitrogen and oxygen atoms in total. The van der Waals surface area contributed by atoms with E-state index < -0.39 is 51.0 Å². The van der Waals surface area contributed by atoms with Gasteiger partial charge < -0.3 is 9.87 Å². The molecule has 1 aromatic carbocycles. The van der Waals surface area contributed by atoms with Gasteiger partial charge in [-0.05, 0) is 37.8 Å². The Morgan fingerprint density at radius 1 is 1.16 bits per heavy atom. The molecule has 0 radical (unpaired) electrons. The van der Waals surface area contributed by atoms with Crippen molar-refractivity contribution < 1.29 is 32.3 Å². The number of piperidine rings is 1. The Morgan fingerprint density at radius 2 is 1.90 bits per heavy atom. The van der Waals surface area contributed by atoms with E-state index in [-0.39, 0.29) is 42.1 Å². The molecule has 1 saturated heterocycles. The summed E-state index contributed by atoms with van der Waals surface area (Å²) in [5, 5.41) is 4.51. The average Bonchev–Trinajstić information content (AvgIpc) is 2.94. The molecule has 2 heterocycles. The van der Waals surface area contributed by atoms with Crippen LogP contribution in [0.25, 0.3) is 0 Å². The third-order valence-electron chi connectivity index (χ3n) is 6.14. The number of fused-ring (bicyclic) bond motifs is 1. The summed E-state index contributed by atoms with van der Waals surface area (Å²) in [6.07, 6.45) is 3.16. The number of halogens is 1. The molecule has 2 fully saturated rings. The van der Waals surface area contributed by atoms with Crippen molar-refractivity contribution in [3.05, 3.63) is 29.1 Å². The van der Waals surface area contributed by atoms with Crippen molar-refractivity contribution in [1.82, 2.24) is 10.2 Å². The second-order valence-electron chi connectivity index (χ2n) is 8.25. The lowest BCUT2D eigenvalue weighted by atomic mass is 9.94. The minimum absolute atomic E-state index is 0.0000434. The van der Waals surface area contributed by atoms with Gasteiger partial charge in [-0.3, -0.25) is 29.4 Å². The Hall–Kier alpha value is -2.66. The zero-order valence-electron chi connectivity index (χ0n) is 16.8. The van der Waals surface area contributed by atoms with Crippen molar-refractivity contribution in [2.45, 2.75) is 55.9 Å². The summed E-state index contributed by atoms with van der Waals surface area (Å²) in [5.74, 6) is -3.51. The van der Waals surface area contributed by atoms with Gasteiger partial charge in [0, 0.05) is 29.1 Å². The van der Waals surface area contributed by atoms with E-state index in [1.807, 2.05) is 0 Å². The SMILES string of the molecule is C[S+](=O)([O-])C1CCCC(Nc2c(F)ccc3c2C(=O)N(C2CCC(=O)NC2=O)C3=O)C1. The maximum absolute atomic E-state index is 14.7. The number of carbonyl (C=O) groups is 4. The first-order valence-corrected chi connectivity index (χ1v) is 12.0. The molecule has 0 aromatic heterocycles. The molecule has 1 saturated carbocycles. The van der Waals surface area contributed by atoms with E-state index in [1.54, 1.807) is 0 Å². The van der Waals surface area contributed by atoms with Gasteiger partial charge in [0.2, 0.25) is 11.8 Å². The lowest BCUT2D eigenvalue weighted by Crippen LogP contribution is -2.54. The predicted octanol–water partition coefficient (Wildman–Crippen LogP) is 1.21. The number of sulfone groups is 1. The number of rotatable bonds is 4. The second-order valence-corrected chi connectivity index (χ2v) is 10.6. The second kappa shape index (κ2) is 7.79. The molecule has 1 aliphatic carbocycles. The molecule has 1 aromatic rings. The Bertz CT molecular complexity index is 1040. The molecule has 2 N–H and O–H groups in total. The van der Waals surface area contributed by atoms with Crippen LogP contribution < -0.4 is 10.6 Å². The number of benzene rings is 1. The Balaban J connectivity index is 1.63. The maximum Gasteiger partial charge on any atom is 0.264 e. The van der Waals surface area contributed by atoms with Crippen molar-refractivity contribution in [3.8, 4) is 0 Å². The molecule has 0 bridgehead atoms. The van der Waals surface area contributed by atoms with Crippen LogP contribution in [0.5, 0.6) is 0 Å². The summed E-state index contributed by atoms with van der Waals surface area (Å²) < 4.78 is 38.6. The quantitative estimate of drug-likeness (QED) is 0.519. The summed E-state index contributed by atoms with van der Waals surface area (Å²) in [6, 6.07) is 0.728. The standard InChI is InChI=1S/C20H22FN3O6S/c1-31(29,30)11-4-2-3-10(9-11)22-17-13(21)6-5-12-16(17)20(28)24(19(12)27)14-7-8-15(25)23-18(14)26/h5-6,10-11,14H,2-4,7-9H2,1H3,(H2-,22,23,25,26,28,29,30). The normalized spacial score (nSPS) is 28.2. The molecule has 166 valence electrons. The zero-order chi connectivity index (χ0) is 22.5. The molecule has 4 rings (SSSR count). The molecule has 31 heavy (non-hydrogen) atoms. The van der Waals surface area contributed by atoms with Gasteiger partial charge in [-0.15, -0.1) is 4.21 Å². The summed E-state index contributed by atoms with van der Waals surface area (Å²) in [4.78, 5) is 50.4. The summed E-state index contributed by atoms with van der Waals surface area (Å²) in [5.41, 5.74) is -0.366. The van der Waals surface area contributed by atoms with E-state index in [0.29, 0.717) is 19.3 Å². The van der Waals surface area contributed by atoms with Crippen molar-refractivity contribution >= 4 is 39.5 Å². The van der Waals surface area contributed by atoms with E-state index in [4.69, 9.17) is 0 Å². The van der Waals surface area contributed by atoms with Crippen LogP contribution in [0.2, 0.25) is 0 Å². The minimum atomic E-state index is -3.26. The molecule has 3 aliphatic rings. The van der Waals surface area contributed by atoms with E-state index in [2.05, 4.69) is 10.6 Å². The number of nitrogens with one attached hydrogen (secondary N) is 2. The van der Waals surface area contributed by atoms with Gasteiger partial charge >= 0.3 is 0 Å².